The number of hydrogen-bond donors (Lipinski definition) is 0. The number of aryl methyl sites for hydroxylation is 2. The van der Waals surface area contributed by atoms with Gasteiger partial charge < -0.3 is 9.90 Å². The van der Waals surface area contributed by atoms with Crippen LogP contribution >= 0.6 is 0 Å². The number of benzene rings is 2. The normalized spacial score (nSPS) is 10.5. The summed E-state index contributed by atoms with van der Waals surface area (Å²) in [5.41, 5.74) is 2.69. The van der Waals surface area contributed by atoms with Crippen molar-refractivity contribution in [3.05, 3.63) is 66.3 Å². The molecule has 0 fully saturated rings. The van der Waals surface area contributed by atoms with Gasteiger partial charge in [0.2, 0.25) is 0 Å². The van der Waals surface area contributed by atoms with Gasteiger partial charge in [-0.1, -0.05) is 26.0 Å². The summed E-state index contributed by atoms with van der Waals surface area (Å²) in [6.07, 6.45) is 1.88. The van der Waals surface area contributed by atoms with E-state index in [2.05, 4.69) is 37.3 Å². The molecule has 104 valence electrons. The summed E-state index contributed by atoms with van der Waals surface area (Å²) in [4.78, 5) is 11.1. The molecule has 0 aromatic heterocycles. The van der Waals surface area contributed by atoms with Crippen LogP contribution in [-0.4, -0.2) is 5.97 Å². The molecule has 0 aliphatic rings. The number of carboxylic acid groups (broad SMARTS) is 1. The average Bonchev–Trinajstić information content (AvgIpc) is 2.47. The van der Waals surface area contributed by atoms with Crippen molar-refractivity contribution in [1.29, 1.82) is 0 Å². The molecule has 0 atom stereocenters. The molecule has 20 heavy (non-hydrogen) atoms. The highest BCUT2D eigenvalue weighted by atomic mass is 127. The second kappa shape index (κ2) is 6.88. The predicted molar refractivity (Wildman–Crippen MR) is 73.4 cm³/mol. The summed E-state index contributed by atoms with van der Waals surface area (Å²) in [7, 11) is 0. The average molecular weight is 380 g/mol. The van der Waals surface area contributed by atoms with E-state index >= 15 is 0 Å². The maximum atomic E-state index is 11.1. The van der Waals surface area contributed by atoms with E-state index in [-0.39, 0.29) is 21.2 Å². The van der Waals surface area contributed by atoms with Gasteiger partial charge in [-0.15, -0.1) is 0 Å². The van der Waals surface area contributed by atoms with Crippen LogP contribution in [0.1, 0.15) is 35.3 Å². The smallest absolute Gasteiger partial charge is 0.357 e. The van der Waals surface area contributed by atoms with Gasteiger partial charge in [0, 0.05) is 11.6 Å². The van der Waals surface area contributed by atoms with Gasteiger partial charge >= 0.3 is 21.2 Å². The second-order valence-corrected chi connectivity index (χ2v) is 7.59. The van der Waals surface area contributed by atoms with Crippen LogP contribution in [-0.2, 0) is 12.8 Å². The Balaban J connectivity index is 2.27. The van der Waals surface area contributed by atoms with Crippen molar-refractivity contribution in [2.24, 2.45) is 0 Å². The highest BCUT2D eigenvalue weighted by molar-refractivity contribution is 5.85. The summed E-state index contributed by atoms with van der Waals surface area (Å²) in [6, 6.07) is 14.2. The highest BCUT2D eigenvalue weighted by Gasteiger charge is 2.17. The molecule has 0 radical (unpaired) electrons. The molecule has 0 unspecified atom stereocenters. The Morgan fingerprint density at radius 3 is 2.15 bits per heavy atom. The van der Waals surface area contributed by atoms with Crippen molar-refractivity contribution in [2.75, 3.05) is 0 Å². The van der Waals surface area contributed by atoms with Gasteiger partial charge in [0.25, 0.3) is 0 Å². The standard InChI is InChI=1S/C17H17IO2/c1-3-12-5-7-15(8-6-12)18-16-10-13(4-2)9-14(11-16)17(19)20/h5-11H,3-4H2,1-2H3. The Kier molecular flexibility index (Phi) is 5.17. The molecule has 0 saturated heterocycles. The van der Waals surface area contributed by atoms with Crippen LogP contribution in [0, 0.1) is 7.14 Å². The summed E-state index contributed by atoms with van der Waals surface area (Å²) in [5, 5.41) is 11.1. The van der Waals surface area contributed by atoms with Crippen LogP contribution in [0.4, 0.5) is 0 Å². The van der Waals surface area contributed by atoms with Crippen LogP contribution in [0.2, 0.25) is 0 Å². The molecule has 0 aliphatic heterocycles. The monoisotopic (exact) mass is 380 g/mol. The Morgan fingerprint density at radius 2 is 1.60 bits per heavy atom. The lowest BCUT2D eigenvalue weighted by molar-refractivity contribution is -0.597. The molecule has 3 heteroatoms. The van der Waals surface area contributed by atoms with Gasteiger partial charge in [0.1, 0.15) is 0 Å². The van der Waals surface area contributed by atoms with Gasteiger partial charge in [-0.2, -0.15) is 0 Å². The molecular formula is C17H17IO2. The molecule has 0 spiro atoms. The lowest BCUT2D eigenvalue weighted by Gasteiger charge is -2.04. The van der Waals surface area contributed by atoms with Crippen LogP contribution < -0.4 is 26.3 Å². The molecule has 0 amide bonds. The van der Waals surface area contributed by atoms with Gasteiger partial charge in [-0.3, -0.25) is 0 Å². The van der Waals surface area contributed by atoms with Gasteiger partial charge in [-0.25, -0.2) is 0 Å². The van der Waals surface area contributed by atoms with E-state index in [4.69, 9.17) is 0 Å². The van der Waals surface area contributed by atoms with Gasteiger partial charge in [0.15, 0.2) is 7.14 Å². The lowest BCUT2D eigenvalue weighted by atomic mass is 10.1. The first-order valence-corrected chi connectivity index (χ1v) is 8.87. The summed E-state index contributed by atoms with van der Waals surface area (Å²) in [5.74, 6) is -1.09. The fraction of sp³-hybridized carbons (Fsp3) is 0.235. The van der Waals surface area contributed by atoms with E-state index in [1.54, 1.807) is 12.1 Å². The van der Waals surface area contributed by atoms with E-state index in [1.165, 1.54) is 9.13 Å². The van der Waals surface area contributed by atoms with E-state index in [1.807, 2.05) is 6.92 Å². The van der Waals surface area contributed by atoms with Crippen molar-refractivity contribution in [3.8, 4) is 0 Å². The minimum absolute atomic E-state index is 0.296. The highest BCUT2D eigenvalue weighted by Crippen LogP contribution is 2.05. The van der Waals surface area contributed by atoms with E-state index < -0.39 is 5.97 Å². The SMILES string of the molecule is CCc1ccc([I+]c2cc(CC)cc(C(=O)[O-])c2)cc1. The summed E-state index contributed by atoms with van der Waals surface area (Å²) < 4.78 is 2.44. The largest absolute Gasteiger partial charge is 0.545 e. The molecule has 2 aromatic carbocycles. The van der Waals surface area contributed by atoms with Gasteiger partial charge in [0.05, 0.1) is 5.97 Å². The van der Waals surface area contributed by atoms with Crippen LogP contribution in [0.3, 0.4) is 0 Å². The van der Waals surface area contributed by atoms with Crippen LogP contribution in [0.25, 0.3) is 0 Å². The molecule has 0 aliphatic carbocycles. The fourth-order valence-electron chi connectivity index (χ4n) is 1.94. The third-order valence-electron chi connectivity index (χ3n) is 3.14. The zero-order chi connectivity index (χ0) is 14.5. The van der Waals surface area contributed by atoms with Crippen LogP contribution in [0.5, 0.6) is 0 Å². The van der Waals surface area contributed by atoms with Gasteiger partial charge in [-0.05, 0) is 48.2 Å². The number of carboxylic acids is 1. The molecule has 0 heterocycles. The molecule has 0 N–H and O–H groups in total. The Morgan fingerprint density at radius 1 is 0.950 bits per heavy atom. The third-order valence-corrected chi connectivity index (χ3v) is 5.73. The third kappa shape index (κ3) is 3.82. The fourth-order valence-corrected chi connectivity index (χ4v) is 4.42. The number of hydrogen-bond acceptors (Lipinski definition) is 2. The Hall–Kier alpha value is -1.36. The summed E-state index contributed by atoms with van der Waals surface area (Å²) in [6.45, 7) is 4.17. The zero-order valence-electron chi connectivity index (χ0n) is 11.7. The van der Waals surface area contributed by atoms with E-state index in [0.29, 0.717) is 5.56 Å². The molecule has 2 aromatic rings. The Labute approximate surface area is 130 Å². The first-order chi connectivity index (χ1) is 9.62. The van der Waals surface area contributed by atoms with Crippen molar-refractivity contribution in [1.82, 2.24) is 0 Å². The van der Waals surface area contributed by atoms with E-state index in [9.17, 15) is 9.90 Å². The van der Waals surface area contributed by atoms with Crippen molar-refractivity contribution in [2.45, 2.75) is 26.7 Å². The maximum absolute atomic E-state index is 11.1. The number of carbonyl (C=O) groups excluding carboxylic acids is 1. The minimum atomic E-state index is -1.09. The Bertz CT molecular complexity index is 603. The van der Waals surface area contributed by atoms with E-state index in [0.717, 1.165) is 22.0 Å². The molecular weight excluding hydrogens is 363 g/mol. The van der Waals surface area contributed by atoms with Crippen molar-refractivity contribution < 1.29 is 31.1 Å². The quantitative estimate of drug-likeness (QED) is 0.644. The first kappa shape index (κ1) is 15.0. The number of rotatable bonds is 5. The first-order valence-electron chi connectivity index (χ1n) is 6.71. The van der Waals surface area contributed by atoms with Crippen molar-refractivity contribution >= 4 is 5.97 Å². The predicted octanol–water partition coefficient (Wildman–Crippen LogP) is -0.697. The maximum Gasteiger partial charge on any atom is 0.357 e. The number of aromatic carboxylic acids is 1. The van der Waals surface area contributed by atoms with Crippen LogP contribution in [0.15, 0.2) is 42.5 Å². The molecule has 2 nitrogen and oxygen atoms in total. The molecule has 0 saturated carbocycles. The lowest BCUT2D eigenvalue weighted by Crippen LogP contribution is -3.61. The number of halogens is 1. The second-order valence-electron chi connectivity index (χ2n) is 4.56. The minimum Gasteiger partial charge on any atom is -0.545 e. The molecule has 2 rings (SSSR count). The molecule has 0 bridgehead atoms. The summed E-state index contributed by atoms with van der Waals surface area (Å²) >= 11 is -0.346. The zero-order valence-corrected chi connectivity index (χ0v) is 13.8. The van der Waals surface area contributed by atoms with Crippen molar-refractivity contribution in [3.63, 3.8) is 0 Å². The topological polar surface area (TPSA) is 40.1 Å². The number of carbonyl (C=O) groups is 1.